The number of aromatic amines is 1. The fraction of sp³-hybridized carbons (Fsp3) is 0.350. The lowest BCUT2D eigenvalue weighted by molar-refractivity contribution is 0.0510. The first-order valence-corrected chi connectivity index (χ1v) is 17.1. The number of benzene rings is 2. The van der Waals surface area contributed by atoms with Gasteiger partial charge in [0.15, 0.2) is 0 Å². The van der Waals surface area contributed by atoms with Gasteiger partial charge in [0.2, 0.25) is 0 Å². The number of nitrogens with zero attached hydrogens (tertiary/aromatic N) is 2. The van der Waals surface area contributed by atoms with Crippen LogP contribution in [-0.4, -0.2) is 36.6 Å². The molecule has 2 N–H and O–H groups in total. The van der Waals surface area contributed by atoms with E-state index in [-0.39, 0.29) is 0 Å². The van der Waals surface area contributed by atoms with E-state index in [1.54, 1.807) is 0 Å². The zero-order valence-corrected chi connectivity index (χ0v) is 25.5. The van der Waals surface area contributed by atoms with Crippen LogP contribution < -0.4 is 5.43 Å². The van der Waals surface area contributed by atoms with E-state index in [0.29, 0.717) is 10.8 Å². The van der Waals surface area contributed by atoms with E-state index in [2.05, 4.69) is 142 Å². The zero-order chi connectivity index (χ0) is 21.9. The van der Waals surface area contributed by atoms with Gasteiger partial charge < -0.3 is 10.2 Å². The summed E-state index contributed by atoms with van der Waals surface area (Å²) in [5.41, 5.74) is 6.90. The molecule has 0 amide bonds. The van der Waals surface area contributed by atoms with Crippen LogP contribution in [0, 0.1) is 3.70 Å². The Labute approximate surface area is 222 Å². The number of fused-ring (bicyclic) bond motifs is 2. The molecule has 1 aliphatic rings. The molecule has 2 heterocycles. The summed E-state index contributed by atoms with van der Waals surface area (Å²) < 4.78 is 9.41. The highest BCUT2D eigenvalue weighted by Crippen LogP contribution is 2.40. The number of hydrazine groups is 1. The SMILES string of the molecule is Brc1ccc2n[nH]c(I)c2c1.C[Si](C)(C)CCOCN1Nc2ccc(Br)cc2C1I. The molecule has 3 aromatic rings. The van der Waals surface area contributed by atoms with Crippen LogP contribution >= 0.6 is 77.0 Å². The lowest BCUT2D eigenvalue weighted by atomic mass is 10.2. The molecule has 1 aliphatic heterocycles. The van der Waals surface area contributed by atoms with E-state index in [4.69, 9.17) is 4.74 Å². The van der Waals surface area contributed by atoms with E-state index in [1.807, 2.05) is 12.1 Å². The Morgan fingerprint density at radius 2 is 1.83 bits per heavy atom. The molecule has 5 nitrogen and oxygen atoms in total. The second kappa shape index (κ2) is 10.9. The highest BCUT2D eigenvalue weighted by atomic mass is 127. The van der Waals surface area contributed by atoms with E-state index >= 15 is 0 Å². The second-order valence-corrected chi connectivity index (χ2v) is 17.9. The number of ether oxygens (including phenoxy) is 1. The van der Waals surface area contributed by atoms with Crippen LogP contribution in [0.1, 0.15) is 9.61 Å². The quantitative estimate of drug-likeness (QED) is 0.0915. The molecule has 0 bridgehead atoms. The second-order valence-electron chi connectivity index (χ2n) is 8.20. The molecule has 0 fully saturated rings. The van der Waals surface area contributed by atoms with Gasteiger partial charge >= 0.3 is 0 Å². The summed E-state index contributed by atoms with van der Waals surface area (Å²) >= 11 is 11.6. The minimum absolute atomic E-state index is 0.317. The fourth-order valence-corrected chi connectivity index (χ4v) is 5.67. The number of aromatic nitrogens is 2. The van der Waals surface area contributed by atoms with Crippen LogP contribution in [0.3, 0.4) is 0 Å². The number of anilines is 1. The number of hydrogen-bond acceptors (Lipinski definition) is 4. The van der Waals surface area contributed by atoms with Crippen molar-refractivity contribution in [2.45, 2.75) is 29.7 Å². The predicted octanol–water partition coefficient (Wildman–Crippen LogP) is 7.77. The highest BCUT2D eigenvalue weighted by Gasteiger charge is 2.28. The molecule has 0 aliphatic carbocycles. The summed E-state index contributed by atoms with van der Waals surface area (Å²) in [6.07, 6.45) is 0. The molecule has 0 saturated carbocycles. The van der Waals surface area contributed by atoms with Crippen molar-refractivity contribution in [1.29, 1.82) is 0 Å². The molecule has 162 valence electrons. The summed E-state index contributed by atoms with van der Waals surface area (Å²) in [6, 6.07) is 13.6. The number of alkyl halides is 1. The van der Waals surface area contributed by atoms with Crippen molar-refractivity contribution >= 4 is 102 Å². The van der Waals surface area contributed by atoms with Crippen molar-refractivity contribution in [3.8, 4) is 0 Å². The standard InChI is InChI=1S/C13H20BrIN2OSi.C7H4BrIN2/c1-19(2,3)7-6-18-9-17-13(15)11-8-10(14)4-5-12(11)16-17;8-4-1-2-6-5(3-4)7(9)11-10-6/h4-5,8,13,16H,6-7,9H2,1-3H3;1-3H,(H,10,11). The van der Waals surface area contributed by atoms with Crippen LogP contribution in [0.4, 0.5) is 5.69 Å². The lowest BCUT2D eigenvalue weighted by Gasteiger charge is -2.21. The molecule has 4 rings (SSSR count). The van der Waals surface area contributed by atoms with E-state index < -0.39 is 8.07 Å². The van der Waals surface area contributed by atoms with Crippen molar-refractivity contribution in [2.75, 3.05) is 18.8 Å². The molecule has 1 atom stereocenters. The monoisotopic (exact) mass is 776 g/mol. The first-order chi connectivity index (χ1) is 14.1. The van der Waals surface area contributed by atoms with Crippen molar-refractivity contribution < 1.29 is 4.74 Å². The molecule has 0 radical (unpaired) electrons. The summed E-state index contributed by atoms with van der Waals surface area (Å²) in [6.45, 7) is 8.61. The number of hydrogen-bond donors (Lipinski definition) is 2. The summed E-state index contributed by atoms with van der Waals surface area (Å²) in [5, 5.41) is 10.3. The summed E-state index contributed by atoms with van der Waals surface area (Å²) in [5.74, 6) is 0. The van der Waals surface area contributed by atoms with Crippen LogP contribution in [0.2, 0.25) is 25.7 Å². The van der Waals surface area contributed by atoms with Gasteiger partial charge in [0, 0.05) is 34.6 Å². The molecule has 1 aromatic heterocycles. The maximum Gasteiger partial charge on any atom is 0.118 e. The van der Waals surface area contributed by atoms with Crippen molar-refractivity contribution in [3.05, 3.63) is 54.6 Å². The maximum absolute atomic E-state index is 5.81. The van der Waals surface area contributed by atoms with E-state index in [1.165, 1.54) is 22.7 Å². The van der Waals surface area contributed by atoms with Crippen LogP contribution in [0.25, 0.3) is 10.9 Å². The number of halogens is 4. The lowest BCUT2D eigenvalue weighted by Crippen LogP contribution is -2.29. The third-order valence-electron chi connectivity index (χ3n) is 4.50. The molecular formula is C20H24Br2I2N4OSi. The molecule has 2 aromatic carbocycles. The minimum atomic E-state index is -0.994. The topological polar surface area (TPSA) is 53.2 Å². The highest BCUT2D eigenvalue weighted by molar-refractivity contribution is 14.1. The van der Waals surface area contributed by atoms with Gasteiger partial charge in [-0.1, -0.05) is 74.1 Å². The average molecular weight is 778 g/mol. The van der Waals surface area contributed by atoms with Gasteiger partial charge in [0.25, 0.3) is 0 Å². The van der Waals surface area contributed by atoms with Gasteiger partial charge in [0.1, 0.15) is 14.5 Å². The van der Waals surface area contributed by atoms with Crippen LogP contribution in [0.15, 0.2) is 45.3 Å². The van der Waals surface area contributed by atoms with Crippen molar-refractivity contribution in [2.24, 2.45) is 0 Å². The van der Waals surface area contributed by atoms with Crippen molar-refractivity contribution in [1.82, 2.24) is 15.2 Å². The zero-order valence-electron chi connectivity index (χ0n) is 17.0. The van der Waals surface area contributed by atoms with E-state index in [0.717, 1.165) is 24.8 Å². The number of H-pyrrole nitrogens is 1. The largest absolute Gasteiger partial charge is 0.365 e. The number of nitrogens with one attached hydrogen (secondary N) is 2. The first-order valence-electron chi connectivity index (χ1n) is 9.48. The molecule has 0 spiro atoms. The van der Waals surface area contributed by atoms with Crippen molar-refractivity contribution in [3.63, 3.8) is 0 Å². The first kappa shape index (κ1) is 24.9. The molecule has 0 saturated heterocycles. The molecule has 30 heavy (non-hydrogen) atoms. The van der Waals surface area contributed by atoms with Gasteiger partial charge in [-0.15, -0.1) is 0 Å². The van der Waals surface area contributed by atoms with Gasteiger partial charge in [-0.3, -0.25) is 5.10 Å². The van der Waals surface area contributed by atoms with E-state index in [9.17, 15) is 0 Å². The smallest absolute Gasteiger partial charge is 0.118 e. The van der Waals surface area contributed by atoms with Crippen LogP contribution in [0.5, 0.6) is 0 Å². The Morgan fingerprint density at radius 1 is 1.13 bits per heavy atom. The summed E-state index contributed by atoms with van der Waals surface area (Å²) in [7, 11) is -0.994. The Kier molecular flexibility index (Phi) is 9.07. The molecule has 1 unspecified atom stereocenters. The van der Waals surface area contributed by atoms with Crippen LogP contribution in [-0.2, 0) is 4.74 Å². The Balaban J connectivity index is 0.000000196. The minimum Gasteiger partial charge on any atom is -0.365 e. The Morgan fingerprint density at radius 3 is 2.57 bits per heavy atom. The third-order valence-corrected chi connectivity index (χ3v) is 9.36. The van der Waals surface area contributed by atoms with Gasteiger partial charge in [0.05, 0.1) is 11.2 Å². The molecular weight excluding hydrogens is 754 g/mol. The fourth-order valence-electron chi connectivity index (χ4n) is 2.80. The third kappa shape index (κ3) is 6.88. The Bertz CT molecular complexity index is 1010. The van der Waals surface area contributed by atoms with Gasteiger partial charge in [-0.2, -0.15) is 10.1 Å². The predicted molar refractivity (Wildman–Crippen MR) is 152 cm³/mol. The van der Waals surface area contributed by atoms with Gasteiger partial charge in [-0.25, -0.2) is 0 Å². The normalized spacial score (nSPS) is 16.2. The average Bonchev–Trinajstić information content (AvgIpc) is 3.19. The number of rotatable bonds is 5. The Hall–Kier alpha value is 0.267. The summed E-state index contributed by atoms with van der Waals surface area (Å²) in [4.78, 5) is 0. The van der Waals surface area contributed by atoms with Gasteiger partial charge in [-0.05, 0) is 65.0 Å². The maximum atomic E-state index is 5.81. The molecule has 10 heteroatoms.